The molecule has 104 heavy (non-hydrogen) atoms. The lowest BCUT2D eigenvalue weighted by Crippen LogP contribution is -2.30. The summed E-state index contributed by atoms with van der Waals surface area (Å²) in [6, 6.07) is 0. The van der Waals surface area contributed by atoms with E-state index in [0.29, 0.717) is 31.6 Å². The molecule has 0 fully saturated rings. The maximum absolute atomic E-state index is 13.1. The molecule has 2 unspecified atom stereocenters. The van der Waals surface area contributed by atoms with Gasteiger partial charge >= 0.3 is 39.5 Å². The molecular formula is C85H166O17P2. The number of esters is 4. The van der Waals surface area contributed by atoms with Gasteiger partial charge in [-0.15, -0.1) is 0 Å². The number of phosphoric acid groups is 2. The average molecular weight is 1520 g/mol. The number of ether oxygens (including phenoxy) is 4. The SMILES string of the molecule is CCCCCCCCCCCCCCCCCCCCCC(=O)OC[C@H](COP(=O)(O)OC[C@@H](O)COP(=O)(O)OC[C@@H](COC(=O)CCCCCCCCC(C)C)OC(=O)CCCCCCCCCCCCCCC(C)C)OC(=O)CCCCCCCCCCCCCCCCCCCCC(C)C. The standard InChI is InChI=1S/C85H166O17P2/c1-8-9-10-11-12-13-14-15-16-17-18-22-25-28-34-39-44-52-59-66-82(87)95-72-80(101-84(89)68-61-54-45-40-35-29-26-23-20-19-21-24-27-32-37-42-49-56-63-76(2)3)74-99-103(91,92)97-70-79(86)71-98-104(93,94)100-75-81(73-96-83(88)67-60-53-48-47-51-58-65-78(6)7)102-85(90)69-62-55-46-41-36-31-30-33-38-43-50-57-64-77(4)5/h76-81,86H,8-75H2,1-7H3,(H,91,92)(H,93,94)/t79-,80-,81-/m1/s1. The molecular weight excluding hydrogens is 1350 g/mol. The van der Waals surface area contributed by atoms with Gasteiger partial charge in [-0.2, -0.15) is 0 Å². The first-order valence-electron chi connectivity index (χ1n) is 43.8. The summed E-state index contributed by atoms with van der Waals surface area (Å²) in [5, 5.41) is 10.7. The average Bonchev–Trinajstić information content (AvgIpc) is 0.908. The third kappa shape index (κ3) is 78.2. The van der Waals surface area contributed by atoms with Crippen LogP contribution >= 0.6 is 15.6 Å². The van der Waals surface area contributed by atoms with E-state index < -0.39 is 97.5 Å². The molecule has 0 aliphatic heterocycles. The molecule has 3 N–H and O–H groups in total. The van der Waals surface area contributed by atoms with E-state index in [1.54, 1.807) is 0 Å². The van der Waals surface area contributed by atoms with E-state index in [9.17, 15) is 43.2 Å². The molecule has 0 aliphatic carbocycles. The van der Waals surface area contributed by atoms with E-state index in [-0.39, 0.29) is 25.7 Å². The van der Waals surface area contributed by atoms with Crippen molar-refractivity contribution in [2.24, 2.45) is 17.8 Å². The Labute approximate surface area is 638 Å². The third-order valence-corrected chi connectivity index (χ3v) is 21.8. The van der Waals surface area contributed by atoms with Gasteiger partial charge in [-0.05, 0) is 43.4 Å². The van der Waals surface area contributed by atoms with Gasteiger partial charge in [0.25, 0.3) is 0 Å². The summed E-state index contributed by atoms with van der Waals surface area (Å²) in [5.41, 5.74) is 0. The van der Waals surface area contributed by atoms with Crippen molar-refractivity contribution >= 4 is 39.5 Å². The van der Waals surface area contributed by atoms with Crippen LogP contribution in [0.5, 0.6) is 0 Å². The summed E-state index contributed by atoms with van der Waals surface area (Å²) >= 11 is 0. The van der Waals surface area contributed by atoms with Crippen molar-refractivity contribution in [3.63, 3.8) is 0 Å². The van der Waals surface area contributed by atoms with Crippen LogP contribution in [-0.2, 0) is 65.4 Å². The fraction of sp³-hybridized carbons (Fsp3) is 0.953. The molecule has 0 aromatic heterocycles. The van der Waals surface area contributed by atoms with Crippen LogP contribution < -0.4 is 0 Å². The Balaban J connectivity index is 5.21. The molecule has 0 saturated heterocycles. The van der Waals surface area contributed by atoms with Crippen LogP contribution in [0.1, 0.15) is 447 Å². The lowest BCUT2D eigenvalue weighted by molar-refractivity contribution is -0.161. The van der Waals surface area contributed by atoms with Gasteiger partial charge in [0.15, 0.2) is 12.2 Å². The van der Waals surface area contributed by atoms with E-state index >= 15 is 0 Å². The van der Waals surface area contributed by atoms with E-state index in [1.165, 1.54) is 250 Å². The predicted octanol–water partition coefficient (Wildman–Crippen LogP) is 25.7. The maximum atomic E-state index is 13.1. The molecule has 17 nitrogen and oxygen atoms in total. The van der Waals surface area contributed by atoms with Crippen LogP contribution in [-0.4, -0.2) is 96.7 Å². The fourth-order valence-electron chi connectivity index (χ4n) is 13.2. The summed E-state index contributed by atoms with van der Waals surface area (Å²) in [6.07, 6.45) is 65.5. The second kappa shape index (κ2) is 75.1. The van der Waals surface area contributed by atoms with Gasteiger partial charge in [0.1, 0.15) is 19.3 Å². The molecule has 0 saturated carbocycles. The molecule has 19 heteroatoms. The second-order valence-corrected chi connectivity index (χ2v) is 34.9. The van der Waals surface area contributed by atoms with Crippen molar-refractivity contribution in [1.29, 1.82) is 0 Å². The lowest BCUT2D eigenvalue weighted by Gasteiger charge is -2.21. The first-order valence-corrected chi connectivity index (χ1v) is 46.8. The molecule has 0 amide bonds. The molecule has 0 bridgehead atoms. The highest BCUT2D eigenvalue weighted by Crippen LogP contribution is 2.45. The zero-order chi connectivity index (χ0) is 76.5. The highest BCUT2D eigenvalue weighted by Gasteiger charge is 2.30. The molecule has 0 rings (SSSR count). The Morgan fingerprint density at radius 1 is 0.260 bits per heavy atom. The summed E-state index contributed by atoms with van der Waals surface area (Å²) in [7, 11) is -9.93. The van der Waals surface area contributed by atoms with Gasteiger partial charge in [0.05, 0.1) is 26.4 Å². The molecule has 0 radical (unpaired) electrons. The molecule has 0 heterocycles. The van der Waals surface area contributed by atoms with Gasteiger partial charge in [-0.25, -0.2) is 9.13 Å². The van der Waals surface area contributed by atoms with Crippen molar-refractivity contribution in [3.05, 3.63) is 0 Å². The fourth-order valence-corrected chi connectivity index (χ4v) is 14.8. The van der Waals surface area contributed by atoms with Gasteiger partial charge in [-0.3, -0.25) is 37.3 Å². The first-order chi connectivity index (χ1) is 50.2. The number of hydrogen-bond acceptors (Lipinski definition) is 15. The summed E-state index contributed by atoms with van der Waals surface area (Å²) in [4.78, 5) is 73.1. The predicted molar refractivity (Wildman–Crippen MR) is 428 cm³/mol. The Bertz CT molecular complexity index is 2010. The summed E-state index contributed by atoms with van der Waals surface area (Å²) < 4.78 is 68.8. The van der Waals surface area contributed by atoms with Crippen LogP contribution in [0.15, 0.2) is 0 Å². The van der Waals surface area contributed by atoms with E-state index in [0.717, 1.165) is 108 Å². The van der Waals surface area contributed by atoms with Crippen LogP contribution in [0.25, 0.3) is 0 Å². The number of carbonyl (C=O) groups excluding carboxylic acids is 4. The van der Waals surface area contributed by atoms with E-state index in [4.69, 9.17) is 37.0 Å². The monoisotopic (exact) mass is 1520 g/mol. The van der Waals surface area contributed by atoms with Crippen molar-refractivity contribution in [2.45, 2.75) is 465 Å². The van der Waals surface area contributed by atoms with Crippen LogP contribution in [0.2, 0.25) is 0 Å². The van der Waals surface area contributed by atoms with Crippen LogP contribution in [0.3, 0.4) is 0 Å². The number of rotatable bonds is 83. The molecule has 0 aromatic rings. The largest absolute Gasteiger partial charge is 0.472 e. The van der Waals surface area contributed by atoms with Gasteiger partial charge in [0.2, 0.25) is 0 Å². The van der Waals surface area contributed by atoms with E-state index in [2.05, 4.69) is 48.5 Å². The number of unbranched alkanes of at least 4 members (excludes halogenated alkanes) is 51. The van der Waals surface area contributed by atoms with Crippen molar-refractivity contribution in [3.8, 4) is 0 Å². The third-order valence-electron chi connectivity index (χ3n) is 19.9. The first kappa shape index (κ1) is 102. The maximum Gasteiger partial charge on any atom is 0.472 e. The Hall–Kier alpha value is -1.94. The van der Waals surface area contributed by atoms with Crippen LogP contribution in [0.4, 0.5) is 0 Å². The summed E-state index contributed by atoms with van der Waals surface area (Å²) in [5.74, 6) is 0.168. The Kier molecular flexibility index (Phi) is 73.7. The van der Waals surface area contributed by atoms with Crippen molar-refractivity contribution < 1.29 is 80.2 Å². The number of hydrogen-bond donors (Lipinski definition) is 3. The molecule has 0 aromatic carbocycles. The van der Waals surface area contributed by atoms with Gasteiger partial charge in [0, 0.05) is 25.7 Å². The molecule has 618 valence electrons. The number of phosphoric ester groups is 2. The van der Waals surface area contributed by atoms with E-state index in [1.807, 2.05) is 0 Å². The number of carbonyl (C=O) groups is 4. The topological polar surface area (TPSA) is 237 Å². The lowest BCUT2D eigenvalue weighted by atomic mass is 10.0. The smallest absolute Gasteiger partial charge is 0.462 e. The van der Waals surface area contributed by atoms with Crippen LogP contribution in [0, 0.1) is 17.8 Å². The van der Waals surface area contributed by atoms with Crippen molar-refractivity contribution in [1.82, 2.24) is 0 Å². The number of aliphatic hydroxyl groups excluding tert-OH is 1. The highest BCUT2D eigenvalue weighted by molar-refractivity contribution is 7.47. The summed E-state index contributed by atoms with van der Waals surface area (Å²) in [6.45, 7) is 11.9. The molecule has 0 aliphatic rings. The Morgan fingerprint density at radius 2 is 0.442 bits per heavy atom. The zero-order valence-corrected chi connectivity index (χ0v) is 70.3. The minimum atomic E-state index is -4.97. The minimum absolute atomic E-state index is 0.106. The zero-order valence-electron chi connectivity index (χ0n) is 68.5. The Morgan fingerprint density at radius 3 is 0.654 bits per heavy atom. The molecule has 0 spiro atoms. The van der Waals surface area contributed by atoms with Crippen molar-refractivity contribution in [2.75, 3.05) is 39.6 Å². The quantitative estimate of drug-likeness (QED) is 0.0222. The van der Waals surface area contributed by atoms with Gasteiger partial charge in [-0.1, -0.05) is 395 Å². The highest BCUT2D eigenvalue weighted by atomic mass is 31.2. The van der Waals surface area contributed by atoms with Gasteiger partial charge < -0.3 is 33.8 Å². The minimum Gasteiger partial charge on any atom is -0.462 e. The number of aliphatic hydroxyl groups is 1. The second-order valence-electron chi connectivity index (χ2n) is 32.0. The molecule has 5 atom stereocenters. The normalized spacial score (nSPS) is 13.9.